The van der Waals surface area contributed by atoms with Crippen LogP contribution in [-0.4, -0.2) is 48.6 Å². The molecule has 1 aromatic rings. The van der Waals surface area contributed by atoms with Crippen LogP contribution in [0.5, 0.6) is 0 Å². The molecule has 0 spiro atoms. The number of hydrogen-bond acceptors (Lipinski definition) is 4. The molecule has 1 aliphatic rings. The van der Waals surface area contributed by atoms with Gasteiger partial charge in [-0.1, -0.05) is 6.92 Å². The zero-order valence-electron chi connectivity index (χ0n) is 12.5. The molecule has 2 heterocycles. The maximum absolute atomic E-state index is 5.64. The van der Waals surface area contributed by atoms with Crippen molar-refractivity contribution in [1.82, 2.24) is 15.1 Å². The fourth-order valence-corrected chi connectivity index (χ4v) is 2.56. The summed E-state index contributed by atoms with van der Waals surface area (Å²) in [5.74, 6) is 1.12. The van der Waals surface area contributed by atoms with Crippen LogP contribution >= 0.6 is 0 Å². The Bertz CT molecular complexity index is 367. The molecule has 0 unspecified atom stereocenters. The largest absolute Gasteiger partial charge is 0.468 e. The van der Waals surface area contributed by atoms with Crippen LogP contribution in [0.25, 0.3) is 0 Å². The lowest BCUT2D eigenvalue weighted by atomic mass is 10.2. The summed E-state index contributed by atoms with van der Waals surface area (Å²) in [5, 5.41) is 3.36. The van der Waals surface area contributed by atoms with Crippen LogP contribution in [0.15, 0.2) is 16.7 Å². The summed E-state index contributed by atoms with van der Waals surface area (Å²) in [6.07, 6.45) is 1.81. The first-order valence-electron chi connectivity index (χ1n) is 7.43. The molecular formula is C15H27N3O. The SMILES string of the molecule is CCNCc1ccoc1CN1CCN(C(C)C)CC1. The monoisotopic (exact) mass is 265 g/mol. The van der Waals surface area contributed by atoms with Gasteiger partial charge in [-0.2, -0.15) is 0 Å². The van der Waals surface area contributed by atoms with E-state index in [9.17, 15) is 0 Å². The van der Waals surface area contributed by atoms with Crippen LogP contribution in [0.1, 0.15) is 32.1 Å². The van der Waals surface area contributed by atoms with Gasteiger partial charge < -0.3 is 9.73 Å². The molecule has 0 aliphatic carbocycles. The van der Waals surface area contributed by atoms with Crippen LogP contribution in [0.4, 0.5) is 0 Å². The fraction of sp³-hybridized carbons (Fsp3) is 0.733. The Labute approximate surface area is 116 Å². The van der Waals surface area contributed by atoms with E-state index in [0.717, 1.165) is 38.5 Å². The molecule has 0 amide bonds. The van der Waals surface area contributed by atoms with Crippen molar-refractivity contribution in [2.45, 2.75) is 39.9 Å². The highest BCUT2D eigenvalue weighted by Crippen LogP contribution is 2.15. The van der Waals surface area contributed by atoms with Crippen molar-refractivity contribution < 1.29 is 4.42 Å². The first-order chi connectivity index (χ1) is 9.20. The number of nitrogens with zero attached hydrogens (tertiary/aromatic N) is 2. The van der Waals surface area contributed by atoms with E-state index in [0.29, 0.717) is 6.04 Å². The van der Waals surface area contributed by atoms with Crippen LogP contribution < -0.4 is 5.32 Å². The Morgan fingerprint density at radius 1 is 1.26 bits per heavy atom. The summed E-state index contributed by atoms with van der Waals surface area (Å²) < 4.78 is 5.64. The van der Waals surface area contributed by atoms with Gasteiger partial charge in [0.05, 0.1) is 12.8 Å². The van der Waals surface area contributed by atoms with Gasteiger partial charge in [-0.25, -0.2) is 0 Å². The van der Waals surface area contributed by atoms with Crippen molar-refractivity contribution in [3.8, 4) is 0 Å². The molecule has 4 nitrogen and oxygen atoms in total. The molecule has 2 rings (SSSR count). The van der Waals surface area contributed by atoms with E-state index < -0.39 is 0 Å². The van der Waals surface area contributed by atoms with Gasteiger partial charge in [-0.3, -0.25) is 9.80 Å². The average molecular weight is 265 g/mol. The zero-order valence-corrected chi connectivity index (χ0v) is 12.5. The van der Waals surface area contributed by atoms with E-state index in [1.165, 1.54) is 18.7 Å². The number of nitrogens with one attached hydrogen (secondary N) is 1. The highest BCUT2D eigenvalue weighted by atomic mass is 16.3. The standard InChI is InChI=1S/C15H27N3O/c1-4-16-11-14-5-10-19-15(14)12-17-6-8-18(9-7-17)13(2)3/h5,10,13,16H,4,6-9,11-12H2,1-3H3. The van der Waals surface area contributed by atoms with Crippen LogP contribution in [0.3, 0.4) is 0 Å². The average Bonchev–Trinajstić information content (AvgIpc) is 2.84. The smallest absolute Gasteiger partial charge is 0.122 e. The Morgan fingerprint density at radius 2 is 2.00 bits per heavy atom. The Hall–Kier alpha value is -0.840. The topological polar surface area (TPSA) is 31.7 Å². The summed E-state index contributed by atoms with van der Waals surface area (Å²) in [4.78, 5) is 5.03. The molecule has 108 valence electrons. The third-order valence-corrected chi connectivity index (χ3v) is 3.91. The first kappa shape index (κ1) is 14.6. The van der Waals surface area contributed by atoms with E-state index >= 15 is 0 Å². The third-order valence-electron chi connectivity index (χ3n) is 3.91. The van der Waals surface area contributed by atoms with Gasteiger partial charge in [0.25, 0.3) is 0 Å². The molecular weight excluding hydrogens is 238 g/mol. The van der Waals surface area contributed by atoms with Gasteiger partial charge >= 0.3 is 0 Å². The molecule has 1 saturated heterocycles. The van der Waals surface area contributed by atoms with E-state index in [4.69, 9.17) is 4.42 Å². The molecule has 0 atom stereocenters. The van der Waals surface area contributed by atoms with Gasteiger partial charge in [0, 0.05) is 44.3 Å². The van der Waals surface area contributed by atoms with Crippen molar-refractivity contribution in [3.63, 3.8) is 0 Å². The second-order valence-electron chi connectivity index (χ2n) is 5.56. The minimum Gasteiger partial charge on any atom is -0.468 e. The fourth-order valence-electron chi connectivity index (χ4n) is 2.56. The lowest BCUT2D eigenvalue weighted by molar-refractivity contribution is 0.0988. The lowest BCUT2D eigenvalue weighted by Gasteiger charge is -2.36. The van der Waals surface area contributed by atoms with Crippen molar-refractivity contribution in [2.75, 3.05) is 32.7 Å². The molecule has 0 radical (unpaired) electrons. The predicted molar refractivity (Wildman–Crippen MR) is 78.1 cm³/mol. The molecule has 4 heteroatoms. The zero-order chi connectivity index (χ0) is 13.7. The van der Waals surface area contributed by atoms with Gasteiger partial charge in [0.15, 0.2) is 0 Å². The van der Waals surface area contributed by atoms with E-state index in [-0.39, 0.29) is 0 Å². The molecule has 19 heavy (non-hydrogen) atoms. The third kappa shape index (κ3) is 4.06. The highest BCUT2D eigenvalue weighted by Gasteiger charge is 2.20. The quantitative estimate of drug-likeness (QED) is 0.851. The molecule has 0 aromatic carbocycles. The summed E-state index contributed by atoms with van der Waals surface area (Å²) >= 11 is 0. The Kier molecular flexibility index (Phi) is 5.43. The van der Waals surface area contributed by atoms with Gasteiger partial charge in [0.2, 0.25) is 0 Å². The molecule has 1 aromatic heterocycles. The Balaban J connectivity index is 1.83. The number of furan rings is 1. The maximum Gasteiger partial charge on any atom is 0.122 e. The first-order valence-corrected chi connectivity index (χ1v) is 7.43. The van der Waals surface area contributed by atoms with Gasteiger partial charge in [-0.15, -0.1) is 0 Å². The lowest BCUT2D eigenvalue weighted by Crippen LogP contribution is -2.48. The maximum atomic E-state index is 5.64. The normalized spacial score (nSPS) is 18.3. The summed E-state index contributed by atoms with van der Waals surface area (Å²) in [7, 11) is 0. The molecule has 1 aliphatic heterocycles. The molecule has 0 saturated carbocycles. The van der Waals surface area contributed by atoms with Crippen LogP contribution in [-0.2, 0) is 13.1 Å². The minimum absolute atomic E-state index is 0.662. The number of hydrogen-bond donors (Lipinski definition) is 1. The van der Waals surface area contributed by atoms with E-state index in [2.05, 4.69) is 42.0 Å². The highest BCUT2D eigenvalue weighted by molar-refractivity contribution is 5.16. The van der Waals surface area contributed by atoms with E-state index in [1.807, 2.05) is 6.26 Å². The molecule has 1 fully saturated rings. The number of rotatable bonds is 6. The van der Waals surface area contributed by atoms with Gasteiger partial charge in [0.1, 0.15) is 5.76 Å². The second kappa shape index (κ2) is 7.08. The Morgan fingerprint density at radius 3 is 2.63 bits per heavy atom. The molecule has 0 bridgehead atoms. The number of piperazine rings is 1. The predicted octanol–water partition coefficient (Wildman–Crippen LogP) is 1.92. The minimum atomic E-state index is 0.662. The van der Waals surface area contributed by atoms with Gasteiger partial charge in [-0.05, 0) is 26.5 Å². The van der Waals surface area contributed by atoms with Crippen molar-refractivity contribution in [1.29, 1.82) is 0 Å². The van der Waals surface area contributed by atoms with Crippen molar-refractivity contribution >= 4 is 0 Å². The van der Waals surface area contributed by atoms with Crippen LogP contribution in [0, 0.1) is 0 Å². The summed E-state index contributed by atoms with van der Waals surface area (Å²) in [6.45, 7) is 14.1. The summed E-state index contributed by atoms with van der Waals surface area (Å²) in [6, 6.07) is 2.75. The molecule has 1 N–H and O–H groups in total. The van der Waals surface area contributed by atoms with Crippen molar-refractivity contribution in [2.24, 2.45) is 0 Å². The van der Waals surface area contributed by atoms with Crippen molar-refractivity contribution in [3.05, 3.63) is 23.7 Å². The van der Waals surface area contributed by atoms with Crippen LogP contribution in [0.2, 0.25) is 0 Å². The second-order valence-corrected chi connectivity index (χ2v) is 5.56. The summed E-state index contributed by atoms with van der Waals surface area (Å²) in [5.41, 5.74) is 1.30. The van der Waals surface area contributed by atoms with E-state index in [1.54, 1.807) is 0 Å².